The first-order chi connectivity index (χ1) is 6.57. The van der Waals surface area contributed by atoms with Crippen molar-refractivity contribution in [3.63, 3.8) is 0 Å². The molecule has 3 nitrogen and oxygen atoms in total. The molecule has 0 bridgehead atoms. The van der Waals surface area contributed by atoms with Crippen LogP contribution in [-0.4, -0.2) is 11.0 Å². The van der Waals surface area contributed by atoms with Gasteiger partial charge in [-0.1, -0.05) is 18.5 Å². The van der Waals surface area contributed by atoms with Gasteiger partial charge in [0.15, 0.2) is 5.60 Å². The summed E-state index contributed by atoms with van der Waals surface area (Å²) < 4.78 is 5.26. The molecule has 2 heterocycles. The van der Waals surface area contributed by atoms with E-state index in [1.54, 1.807) is 12.1 Å². The average molecular weight is 212 g/mol. The minimum absolute atomic E-state index is 0.312. The van der Waals surface area contributed by atoms with Gasteiger partial charge in [0.05, 0.1) is 5.56 Å². The number of carbonyl (C=O) groups excluding carboxylic acids is 1. The molecule has 0 radical (unpaired) electrons. The van der Waals surface area contributed by atoms with E-state index in [1.807, 2.05) is 13.8 Å². The fraction of sp³-hybridized carbons (Fsp3) is 0.400. The van der Waals surface area contributed by atoms with E-state index in [0.717, 1.165) is 0 Å². The van der Waals surface area contributed by atoms with E-state index in [-0.39, 0.29) is 5.97 Å². The van der Waals surface area contributed by atoms with Crippen LogP contribution in [0.15, 0.2) is 12.1 Å². The van der Waals surface area contributed by atoms with Crippen molar-refractivity contribution in [3.8, 4) is 0 Å². The lowest BCUT2D eigenvalue weighted by Crippen LogP contribution is -2.21. The van der Waals surface area contributed by atoms with Crippen LogP contribution in [0.1, 0.15) is 36.3 Å². The number of carbonyl (C=O) groups is 1. The maximum absolute atomic E-state index is 11.4. The zero-order chi connectivity index (χ0) is 10.3. The van der Waals surface area contributed by atoms with Crippen molar-refractivity contribution in [2.45, 2.75) is 25.9 Å². The Morgan fingerprint density at radius 3 is 2.93 bits per heavy atom. The quantitative estimate of drug-likeness (QED) is 0.529. The zero-order valence-electron chi connectivity index (χ0n) is 8.00. The number of hydrogen-bond donors (Lipinski definition) is 0. The summed E-state index contributed by atoms with van der Waals surface area (Å²) in [5, 5.41) is 0.390. The molecule has 1 unspecified atom stereocenters. The van der Waals surface area contributed by atoms with Gasteiger partial charge in [0, 0.05) is 0 Å². The van der Waals surface area contributed by atoms with E-state index in [4.69, 9.17) is 16.3 Å². The molecule has 4 heteroatoms. The monoisotopic (exact) mass is 211 g/mol. The number of cyclic esters (lactones) is 1. The molecule has 14 heavy (non-hydrogen) atoms. The molecule has 0 aliphatic carbocycles. The second-order valence-electron chi connectivity index (χ2n) is 3.50. The zero-order valence-corrected chi connectivity index (χ0v) is 8.76. The van der Waals surface area contributed by atoms with E-state index in [1.165, 1.54) is 0 Å². The van der Waals surface area contributed by atoms with Crippen molar-refractivity contribution in [1.82, 2.24) is 4.98 Å². The molecular formula is C10H10ClNO2. The van der Waals surface area contributed by atoms with E-state index >= 15 is 0 Å². The molecule has 1 atom stereocenters. The van der Waals surface area contributed by atoms with Crippen molar-refractivity contribution in [1.29, 1.82) is 0 Å². The summed E-state index contributed by atoms with van der Waals surface area (Å²) in [5.74, 6) is -0.312. The van der Waals surface area contributed by atoms with Gasteiger partial charge in [-0.3, -0.25) is 0 Å². The van der Waals surface area contributed by atoms with E-state index in [0.29, 0.717) is 22.8 Å². The van der Waals surface area contributed by atoms with Gasteiger partial charge < -0.3 is 4.74 Å². The highest BCUT2D eigenvalue weighted by Crippen LogP contribution is 2.37. The normalized spacial score (nSPS) is 24.6. The van der Waals surface area contributed by atoms with Gasteiger partial charge >= 0.3 is 5.97 Å². The fourth-order valence-electron chi connectivity index (χ4n) is 1.55. The van der Waals surface area contributed by atoms with Crippen molar-refractivity contribution in [3.05, 3.63) is 28.5 Å². The maximum atomic E-state index is 11.4. The first-order valence-electron chi connectivity index (χ1n) is 4.47. The summed E-state index contributed by atoms with van der Waals surface area (Å²) >= 11 is 5.78. The Morgan fingerprint density at radius 2 is 2.29 bits per heavy atom. The van der Waals surface area contributed by atoms with Crippen LogP contribution in [-0.2, 0) is 10.3 Å². The lowest BCUT2D eigenvalue weighted by Gasteiger charge is -2.20. The van der Waals surface area contributed by atoms with E-state index in [9.17, 15) is 4.79 Å². The smallest absolute Gasteiger partial charge is 0.341 e. The fourth-order valence-corrected chi connectivity index (χ4v) is 1.70. The largest absolute Gasteiger partial charge is 0.449 e. The summed E-state index contributed by atoms with van der Waals surface area (Å²) in [6, 6.07) is 3.26. The Labute approximate surface area is 87.0 Å². The van der Waals surface area contributed by atoms with E-state index in [2.05, 4.69) is 4.98 Å². The number of nitrogens with zero attached hydrogens (tertiary/aromatic N) is 1. The molecule has 0 N–H and O–H groups in total. The summed E-state index contributed by atoms with van der Waals surface area (Å²) in [5.41, 5.74) is 0.563. The SMILES string of the molecule is CCC1(C)OC(=O)c2ccc(Cl)nc21. The third-order valence-electron chi connectivity index (χ3n) is 2.57. The standard InChI is InChI=1S/C10H10ClNO2/c1-3-10(2)8-6(9(13)14-10)4-5-7(11)12-8/h4-5H,3H2,1-2H3. The van der Waals surface area contributed by atoms with Gasteiger partial charge in [-0.15, -0.1) is 0 Å². The minimum atomic E-state index is -0.614. The Morgan fingerprint density at radius 1 is 1.57 bits per heavy atom. The number of pyridine rings is 1. The van der Waals surface area contributed by atoms with E-state index < -0.39 is 5.60 Å². The molecule has 0 saturated carbocycles. The van der Waals surface area contributed by atoms with Gasteiger partial charge in [-0.05, 0) is 25.5 Å². The highest BCUT2D eigenvalue weighted by molar-refractivity contribution is 6.29. The molecule has 0 aromatic carbocycles. The molecule has 74 valence electrons. The maximum Gasteiger partial charge on any atom is 0.341 e. The molecule has 0 saturated heterocycles. The van der Waals surface area contributed by atoms with Crippen LogP contribution in [0.3, 0.4) is 0 Å². The third-order valence-corrected chi connectivity index (χ3v) is 2.79. The predicted octanol–water partition coefficient (Wildman–Crippen LogP) is 2.53. The van der Waals surface area contributed by atoms with Crippen molar-refractivity contribution in [2.75, 3.05) is 0 Å². The first-order valence-corrected chi connectivity index (χ1v) is 4.85. The van der Waals surface area contributed by atoms with Gasteiger partial charge in [-0.25, -0.2) is 9.78 Å². The predicted molar refractivity (Wildman–Crippen MR) is 52.3 cm³/mol. The molecule has 2 rings (SSSR count). The Bertz CT molecular complexity index is 405. The van der Waals surface area contributed by atoms with Crippen LogP contribution in [0.5, 0.6) is 0 Å². The van der Waals surface area contributed by atoms with Crippen molar-refractivity contribution < 1.29 is 9.53 Å². The molecule has 0 spiro atoms. The third kappa shape index (κ3) is 1.20. The van der Waals surface area contributed by atoms with Crippen LogP contribution in [0.4, 0.5) is 0 Å². The van der Waals surface area contributed by atoms with Crippen LogP contribution in [0, 0.1) is 0 Å². The molecule has 1 aliphatic heterocycles. The second kappa shape index (κ2) is 2.95. The summed E-state index contributed by atoms with van der Waals surface area (Å²) in [6.07, 6.45) is 0.694. The first kappa shape index (κ1) is 9.46. The number of fused-ring (bicyclic) bond motifs is 1. The highest BCUT2D eigenvalue weighted by Gasteiger charge is 2.41. The van der Waals surface area contributed by atoms with Crippen molar-refractivity contribution in [2.24, 2.45) is 0 Å². The minimum Gasteiger partial charge on any atom is -0.449 e. The highest BCUT2D eigenvalue weighted by atomic mass is 35.5. The molecule has 1 aromatic rings. The van der Waals surface area contributed by atoms with Gasteiger partial charge in [0.2, 0.25) is 0 Å². The second-order valence-corrected chi connectivity index (χ2v) is 3.89. The number of aromatic nitrogens is 1. The number of hydrogen-bond acceptors (Lipinski definition) is 3. The van der Waals surface area contributed by atoms with Crippen LogP contribution in [0.25, 0.3) is 0 Å². The summed E-state index contributed by atoms with van der Waals surface area (Å²) in [4.78, 5) is 15.6. The average Bonchev–Trinajstić information content (AvgIpc) is 2.40. The lowest BCUT2D eigenvalue weighted by atomic mass is 9.97. The Hall–Kier alpha value is -1.09. The summed E-state index contributed by atoms with van der Waals surface area (Å²) in [7, 11) is 0. The van der Waals surface area contributed by atoms with Crippen molar-refractivity contribution >= 4 is 17.6 Å². The number of ether oxygens (including phenoxy) is 1. The van der Waals surface area contributed by atoms with Crippen LogP contribution >= 0.6 is 11.6 Å². The van der Waals surface area contributed by atoms with Gasteiger partial charge in [0.1, 0.15) is 10.8 Å². The Kier molecular flexibility index (Phi) is 2.00. The van der Waals surface area contributed by atoms with Crippen LogP contribution in [0.2, 0.25) is 5.15 Å². The summed E-state index contributed by atoms with van der Waals surface area (Å²) in [6.45, 7) is 3.80. The molecule has 1 aliphatic rings. The molecule has 0 amide bonds. The lowest BCUT2D eigenvalue weighted by molar-refractivity contribution is -0.00223. The molecule has 0 fully saturated rings. The number of esters is 1. The van der Waals surface area contributed by atoms with Crippen LogP contribution < -0.4 is 0 Å². The molecule has 1 aromatic heterocycles. The molecular weight excluding hydrogens is 202 g/mol. The van der Waals surface area contributed by atoms with Gasteiger partial charge in [-0.2, -0.15) is 0 Å². The van der Waals surface area contributed by atoms with Gasteiger partial charge in [0.25, 0.3) is 0 Å². The number of rotatable bonds is 1. The number of halogens is 1. The Balaban J connectivity index is 2.62. The topological polar surface area (TPSA) is 39.2 Å².